The Morgan fingerprint density at radius 1 is 1.24 bits per heavy atom. The lowest BCUT2D eigenvalue weighted by Gasteiger charge is -2.38. The summed E-state index contributed by atoms with van der Waals surface area (Å²) >= 11 is 0. The molecule has 1 aliphatic heterocycles. The molecular weight excluding hydrogens is 434 g/mol. The van der Waals surface area contributed by atoms with Crippen molar-refractivity contribution in [1.29, 1.82) is 0 Å². The van der Waals surface area contributed by atoms with E-state index in [1.165, 1.54) is 0 Å². The number of H-pyrrole nitrogens is 1. The van der Waals surface area contributed by atoms with Crippen LogP contribution in [0.15, 0.2) is 54.9 Å². The quantitative estimate of drug-likeness (QED) is 0.405. The zero-order chi connectivity index (χ0) is 24.1. The number of amides is 2. The number of aromatic amines is 1. The van der Waals surface area contributed by atoms with Crippen LogP contribution in [0.3, 0.4) is 0 Å². The Morgan fingerprint density at radius 3 is 2.76 bits per heavy atom. The van der Waals surface area contributed by atoms with Gasteiger partial charge in [-0.3, -0.25) is 24.3 Å². The lowest BCUT2D eigenvalue weighted by molar-refractivity contribution is -0.141. The Bertz CT molecular complexity index is 1130. The zero-order valence-corrected chi connectivity index (χ0v) is 19.0. The number of fused-ring (bicyclic) bond motifs is 1. The number of nitrogens with one attached hydrogen (secondary N) is 3. The van der Waals surface area contributed by atoms with Gasteiger partial charge < -0.3 is 20.7 Å². The van der Waals surface area contributed by atoms with E-state index in [2.05, 4.69) is 20.6 Å². The van der Waals surface area contributed by atoms with Gasteiger partial charge in [-0.2, -0.15) is 0 Å². The van der Waals surface area contributed by atoms with Crippen LogP contribution in [0.5, 0.6) is 0 Å². The number of hydrogen-bond acceptors (Lipinski definition) is 5. The molecule has 1 aromatic carbocycles. The fourth-order valence-electron chi connectivity index (χ4n) is 4.52. The molecule has 1 unspecified atom stereocenters. The third kappa shape index (κ3) is 5.60. The molecule has 34 heavy (non-hydrogen) atoms. The topological polar surface area (TPSA) is 127 Å². The van der Waals surface area contributed by atoms with Crippen LogP contribution in [0.1, 0.15) is 36.9 Å². The van der Waals surface area contributed by atoms with Crippen LogP contribution in [0, 0.1) is 0 Å². The maximum absolute atomic E-state index is 13.1. The maximum atomic E-state index is 13.1. The van der Waals surface area contributed by atoms with Gasteiger partial charge in [-0.25, -0.2) is 0 Å². The van der Waals surface area contributed by atoms with Gasteiger partial charge in [0.1, 0.15) is 6.04 Å². The Kier molecular flexibility index (Phi) is 7.22. The standard InChI is InChI=1S/C25H29N5O4/c1-16(24(33)27-14-20-11-19-13-26-9-7-21(19)29-20)28-25(34)22-12-18(17-5-3-2-4-6-17)8-10-30(22)15-23(31)32/h2-7,9,11,13,16,18,22,29H,8,10,12,14-15H2,1H3,(H,27,33)(H,28,34)(H,31,32)/t16?,18-,22+/m0/s1. The van der Waals surface area contributed by atoms with Crippen LogP contribution in [0.25, 0.3) is 10.9 Å². The van der Waals surface area contributed by atoms with Crippen molar-refractivity contribution in [2.75, 3.05) is 13.1 Å². The van der Waals surface area contributed by atoms with E-state index in [0.717, 1.165) is 28.6 Å². The highest BCUT2D eigenvalue weighted by molar-refractivity contribution is 5.90. The van der Waals surface area contributed by atoms with Crippen molar-refractivity contribution >= 4 is 28.7 Å². The van der Waals surface area contributed by atoms with Gasteiger partial charge in [0.25, 0.3) is 0 Å². The highest BCUT2D eigenvalue weighted by Crippen LogP contribution is 2.31. The van der Waals surface area contributed by atoms with Crippen molar-refractivity contribution in [2.24, 2.45) is 0 Å². The fourth-order valence-corrected chi connectivity index (χ4v) is 4.52. The minimum absolute atomic E-state index is 0.155. The first-order chi connectivity index (χ1) is 16.4. The number of hydrogen-bond donors (Lipinski definition) is 4. The van der Waals surface area contributed by atoms with E-state index in [-0.39, 0.29) is 24.3 Å². The van der Waals surface area contributed by atoms with E-state index in [1.54, 1.807) is 24.2 Å². The Labute approximate surface area is 197 Å². The van der Waals surface area contributed by atoms with E-state index in [4.69, 9.17) is 0 Å². The summed E-state index contributed by atoms with van der Waals surface area (Å²) in [6.07, 6.45) is 4.72. The highest BCUT2D eigenvalue weighted by Gasteiger charge is 2.35. The van der Waals surface area contributed by atoms with Crippen molar-refractivity contribution in [1.82, 2.24) is 25.5 Å². The van der Waals surface area contributed by atoms with Gasteiger partial charge in [-0.1, -0.05) is 30.3 Å². The van der Waals surface area contributed by atoms with Gasteiger partial charge >= 0.3 is 5.97 Å². The molecule has 0 bridgehead atoms. The van der Waals surface area contributed by atoms with Crippen molar-refractivity contribution in [3.05, 3.63) is 66.1 Å². The Balaban J connectivity index is 1.37. The smallest absolute Gasteiger partial charge is 0.317 e. The number of likely N-dealkylation sites (tertiary alicyclic amines) is 1. The number of piperidine rings is 1. The zero-order valence-electron chi connectivity index (χ0n) is 19.0. The normalized spacial score (nSPS) is 19.4. The van der Waals surface area contributed by atoms with Gasteiger partial charge in [0.15, 0.2) is 0 Å². The van der Waals surface area contributed by atoms with E-state index < -0.39 is 18.1 Å². The van der Waals surface area contributed by atoms with E-state index in [0.29, 0.717) is 19.5 Å². The minimum atomic E-state index is -0.977. The largest absolute Gasteiger partial charge is 0.480 e. The van der Waals surface area contributed by atoms with E-state index in [9.17, 15) is 19.5 Å². The molecule has 0 aliphatic carbocycles. The molecule has 3 aromatic rings. The molecule has 4 N–H and O–H groups in total. The maximum Gasteiger partial charge on any atom is 0.317 e. The molecule has 0 spiro atoms. The SMILES string of the molecule is CC(NC(=O)[C@H]1C[C@@H](c2ccccc2)CCN1CC(=O)O)C(=O)NCc1cc2cnccc2[nH]1. The molecule has 9 heteroatoms. The van der Waals surface area contributed by atoms with Gasteiger partial charge in [-0.05, 0) is 43.4 Å². The number of nitrogens with zero attached hydrogens (tertiary/aromatic N) is 2. The Hall–Kier alpha value is -3.72. The number of benzene rings is 1. The van der Waals surface area contributed by atoms with Crippen LogP contribution in [-0.2, 0) is 20.9 Å². The number of pyridine rings is 1. The predicted molar refractivity (Wildman–Crippen MR) is 127 cm³/mol. The third-order valence-electron chi connectivity index (χ3n) is 6.31. The van der Waals surface area contributed by atoms with E-state index >= 15 is 0 Å². The number of carbonyl (C=O) groups is 3. The van der Waals surface area contributed by atoms with Crippen molar-refractivity contribution in [2.45, 2.75) is 44.3 Å². The van der Waals surface area contributed by atoms with Crippen LogP contribution < -0.4 is 10.6 Å². The molecule has 1 aliphatic rings. The molecule has 3 atom stereocenters. The molecule has 178 valence electrons. The summed E-state index contributed by atoms with van der Waals surface area (Å²) in [7, 11) is 0. The number of rotatable bonds is 8. The third-order valence-corrected chi connectivity index (χ3v) is 6.31. The van der Waals surface area contributed by atoms with Crippen molar-refractivity contribution in [3.8, 4) is 0 Å². The van der Waals surface area contributed by atoms with Crippen molar-refractivity contribution < 1.29 is 19.5 Å². The average molecular weight is 464 g/mol. The first-order valence-corrected chi connectivity index (χ1v) is 11.4. The summed E-state index contributed by atoms with van der Waals surface area (Å²) in [6.45, 7) is 2.20. The second-order valence-electron chi connectivity index (χ2n) is 8.72. The van der Waals surface area contributed by atoms with Crippen LogP contribution in [0.4, 0.5) is 0 Å². The summed E-state index contributed by atoms with van der Waals surface area (Å²) in [5.41, 5.74) is 2.90. The van der Waals surface area contributed by atoms with Gasteiger partial charge in [0, 0.05) is 35.5 Å². The number of carboxylic acid groups (broad SMARTS) is 1. The summed E-state index contributed by atoms with van der Waals surface area (Å²) in [5, 5.41) is 15.9. The molecule has 0 saturated carbocycles. The first-order valence-electron chi connectivity index (χ1n) is 11.4. The summed E-state index contributed by atoms with van der Waals surface area (Å²) in [4.78, 5) is 46.1. The lowest BCUT2D eigenvalue weighted by Crippen LogP contribution is -2.55. The lowest BCUT2D eigenvalue weighted by atomic mass is 9.85. The molecule has 4 rings (SSSR count). The van der Waals surface area contributed by atoms with Gasteiger partial charge in [0.05, 0.1) is 19.1 Å². The van der Waals surface area contributed by atoms with E-state index in [1.807, 2.05) is 42.5 Å². The average Bonchev–Trinajstić information content (AvgIpc) is 3.26. The second kappa shape index (κ2) is 10.5. The van der Waals surface area contributed by atoms with Gasteiger partial charge in [-0.15, -0.1) is 0 Å². The highest BCUT2D eigenvalue weighted by atomic mass is 16.4. The summed E-state index contributed by atoms with van der Waals surface area (Å²) in [6, 6.07) is 12.3. The number of carbonyl (C=O) groups excluding carboxylic acids is 2. The summed E-state index contributed by atoms with van der Waals surface area (Å²) in [5.74, 6) is -1.47. The molecule has 9 nitrogen and oxygen atoms in total. The molecule has 1 fully saturated rings. The first kappa shape index (κ1) is 23.4. The monoisotopic (exact) mass is 463 g/mol. The van der Waals surface area contributed by atoms with Crippen LogP contribution >= 0.6 is 0 Å². The van der Waals surface area contributed by atoms with Crippen molar-refractivity contribution in [3.63, 3.8) is 0 Å². The molecule has 2 amide bonds. The predicted octanol–water partition coefficient (Wildman–Crippen LogP) is 2.02. The Morgan fingerprint density at radius 2 is 2.03 bits per heavy atom. The fraction of sp³-hybridized carbons (Fsp3) is 0.360. The molecule has 3 heterocycles. The minimum Gasteiger partial charge on any atom is -0.480 e. The van der Waals surface area contributed by atoms with Crippen LogP contribution in [0.2, 0.25) is 0 Å². The molecular formula is C25H29N5O4. The number of aromatic nitrogens is 2. The molecule has 2 aromatic heterocycles. The second-order valence-corrected chi connectivity index (χ2v) is 8.72. The number of aliphatic carboxylic acids is 1. The van der Waals surface area contributed by atoms with Gasteiger partial charge in [0.2, 0.25) is 11.8 Å². The number of carboxylic acids is 1. The molecule has 1 saturated heterocycles. The van der Waals surface area contributed by atoms with Crippen LogP contribution in [-0.4, -0.2) is 62.9 Å². The molecule has 0 radical (unpaired) electrons. The summed E-state index contributed by atoms with van der Waals surface area (Å²) < 4.78 is 0.